The number of aryl methyl sites for hydroxylation is 1. The molecule has 2 aromatic rings. The van der Waals surface area contributed by atoms with E-state index in [1.54, 1.807) is 28.6 Å². The zero-order valence-corrected chi connectivity index (χ0v) is 15.4. The number of sulfonamides is 1. The lowest BCUT2D eigenvalue weighted by atomic mass is 10.0. The summed E-state index contributed by atoms with van der Waals surface area (Å²) in [6.45, 7) is 2.60. The van der Waals surface area contributed by atoms with Crippen LogP contribution in [-0.4, -0.2) is 19.3 Å². The Morgan fingerprint density at radius 1 is 0.958 bits per heavy atom. The highest BCUT2D eigenvalue weighted by atomic mass is 35.5. The molecule has 24 heavy (non-hydrogen) atoms. The van der Waals surface area contributed by atoms with Crippen molar-refractivity contribution in [3.63, 3.8) is 0 Å². The predicted molar refractivity (Wildman–Crippen MR) is 97.7 cm³/mol. The molecule has 3 rings (SSSR count). The fourth-order valence-electron chi connectivity index (χ4n) is 3.23. The van der Waals surface area contributed by atoms with E-state index in [1.165, 1.54) is 5.56 Å². The summed E-state index contributed by atoms with van der Waals surface area (Å²) in [6, 6.07) is 14.5. The van der Waals surface area contributed by atoms with Crippen LogP contribution in [0.2, 0.25) is 5.02 Å². The fraction of sp³-hybridized carbons (Fsp3) is 0.368. The van der Waals surface area contributed by atoms with Gasteiger partial charge in [0.25, 0.3) is 0 Å². The normalized spacial score (nSPS) is 19.8. The van der Waals surface area contributed by atoms with Gasteiger partial charge in [-0.3, -0.25) is 0 Å². The van der Waals surface area contributed by atoms with E-state index < -0.39 is 10.0 Å². The lowest BCUT2D eigenvalue weighted by Crippen LogP contribution is -2.34. The van der Waals surface area contributed by atoms with Crippen molar-refractivity contribution in [1.29, 1.82) is 0 Å². The Kier molecular flexibility index (Phi) is 5.28. The average molecular weight is 364 g/mol. The van der Waals surface area contributed by atoms with Crippen molar-refractivity contribution in [1.82, 2.24) is 4.31 Å². The van der Waals surface area contributed by atoms with Crippen molar-refractivity contribution in [2.45, 2.75) is 43.5 Å². The van der Waals surface area contributed by atoms with Crippen LogP contribution in [0.3, 0.4) is 0 Å². The van der Waals surface area contributed by atoms with Crippen LogP contribution in [0, 0.1) is 6.92 Å². The first kappa shape index (κ1) is 17.5. The fourth-order valence-corrected chi connectivity index (χ4v) is 5.04. The maximum Gasteiger partial charge on any atom is 0.243 e. The van der Waals surface area contributed by atoms with Gasteiger partial charge in [-0.05, 0) is 49.6 Å². The van der Waals surface area contributed by atoms with Gasteiger partial charge in [-0.2, -0.15) is 4.31 Å². The van der Waals surface area contributed by atoms with Gasteiger partial charge in [0.05, 0.1) is 10.9 Å². The highest BCUT2D eigenvalue weighted by molar-refractivity contribution is 7.89. The maximum atomic E-state index is 13.2. The van der Waals surface area contributed by atoms with Crippen molar-refractivity contribution in [2.75, 3.05) is 6.54 Å². The van der Waals surface area contributed by atoms with Crippen molar-refractivity contribution >= 4 is 21.6 Å². The van der Waals surface area contributed by atoms with Crippen LogP contribution in [-0.2, 0) is 10.0 Å². The minimum Gasteiger partial charge on any atom is -0.207 e. The monoisotopic (exact) mass is 363 g/mol. The molecule has 1 unspecified atom stereocenters. The molecule has 1 fully saturated rings. The summed E-state index contributed by atoms with van der Waals surface area (Å²) in [5.74, 6) is 0. The SMILES string of the molecule is Cc1ccc(C2CCCCCN2S(=O)(=O)c2ccc(Cl)cc2)cc1. The molecule has 1 aliphatic heterocycles. The molecule has 1 heterocycles. The summed E-state index contributed by atoms with van der Waals surface area (Å²) in [5.41, 5.74) is 2.25. The lowest BCUT2D eigenvalue weighted by Gasteiger charge is -2.29. The van der Waals surface area contributed by atoms with Gasteiger partial charge in [-0.1, -0.05) is 54.3 Å². The van der Waals surface area contributed by atoms with Crippen molar-refractivity contribution in [2.24, 2.45) is 0 Å². The molecule has 3 nitrogen and oxygen atoms in total. The molecular weight excluding hydrogens is 342 g/mol. The average Bonchev–Trinajstić information content (AvgIpc) is 2.82. The standard InChI is InChI=1S/C19H22ClNO2S/c1-15-6-8-16(9-7-15)19-5-3-2-4-14-21(19)24(22,23)18-12-10-17(20)11-13-18/h6-13,19H,2-5,14H2,1H3. The molecule has 0 radical (unpaired) electrons. The molecule has 0 aliphatic carbocycles. The largest absolute Gasteiger partial charge is 0.243 e. The molecule has 0 amide bonds. The molecule has 128 valence electrons. The molecule has 0 saturated carbocycles. The summed E-state index contributed by atoms with van der Waals surface area (Å²) in [5, 5.41) is 0.542. The van der Waals surface area contributed by atoms with Crippen LogP contribution < -0.4 is 0 Å². The zero-order chi connectivity index (χ0) is 17.2. The highest BCUT2D eigenvalue weighted by Crippen LogP contribution is 2.35. The quantitative estimate of drug-likeness (QED) is 0.773. The third-order valence-electron chi connectivity index (χ3n) is 4.59. The van der Waals surface area contributed by atoms with Crippen LogP contribution in [0.25, 0.3) is 0 Å². The third kappa shape index (κ3) is 3.66. The van der Waals surface area contributed by atoms with E-state index in [2.05, 4.69) is 12.1 Å². The molecule has 2 aromatic carbocycles. The Morgan fingerprint density at radius 2 is 1.62 bits per heavy atom. The smallest absolute Gasteiger partial charge is 0.207 e. The van der Waals surface area contributed by atoms with Crippen LogP contribution in [0.15, 0.2) is 53.4 Å². The van der Waals surface area contributed by atoms with Crippen LogP contribution in [0.4, 0.5) is 0 Å². The molecular formula is C19H22ClNO2S. The van der Waals surface area contributed by atoms with E-state index in [9.17, 15) is 8.42 Å². The van der Waals surface area contributed by atoms with E-state index in [1.807, 2.05) is 19.1 Å². The molecule has 0 N–H and O–H groups in total. The van der Waals surface area contributed by atoms with E-state index in [0.29, 0.717) is 16.5 Å². The minimum absolute atomic E-state index is 0.103. The Morgan fingerprint density at radius 3 is 2.29 bits per heavy atom. The van der Waals surface area contributed by atoms with Gasteiger partial charge >= 0.3 is 0 Å². The highest BCUT2D eigenvalue weighted by Gasteiger charge is 2.33. The molecule has 0 aromatic heterocycles. The molecule has 5 heteroatoms. The second kappa shape index (κ2) is 7.26. The van der Waals surface area contributed by atoms with Gasteiger partial charge in [0.15, 0.2) is 0 Å². The second-order valence-electron chi connectivity index (χ2n) is 6.35. The first-order chi connectivity index (χ1) is 11.5. The van der Waals surface area contributed by atoms with Gasteiger partial charge < -0.3 is 0 Å². The maximum absolute atomic E-state index is 13.2. The number of halogens is 1. The second-order valence-corrected chi connectivity index (χ2v) is 8.67. The summed E-state index contributed by atoms with van der Waals surface area (Å²) in [4.78, 5) is 0.311. The number of nitrogens with zero attached hydrogens (tertiary/aromatic N) is 1. The summed E-state index contributed by atoms with van der Waals surface area (Å²) in [6.07, 6.45) is 3.87. The van der Waals surface area contributed by atoms with E-state index in [0.717, 1.165) is 31.2 Å². The number of hydrogen-bond acceptors (Lipinski definition) is 2. The topological polar surface area (TPSA) is 37.4 Å². The van der Waals surface area contributed by atoms with Gasteiger partial charge in [0.1, 0.15) is 0 Å². The van der Waals surface area contributed by atoms with Crippen molar-refractivity contribution < 1.29 is 8.42 Å². The van der Waals surface area contributed by atoms with E-state index in [-0.39, 0.29) is 6.04 Å². The zero-order valence-electron chi connectivity index (χ0n) is 13.8. The Balaban J connectivity index is 2.00. The van der Waals surface area contributed by atoms with Crippen LogP contribution in [0.1, 0.15) is 42.9 Å². The van der Waals surface area contributed by atoms with Gasteiger partial charge in [0, 0.05) is 11.6 Å². The Hall–Kier alpha value is -1.36. The molecule has 1 saturated heterocycles. The van der Waals surface area contributed by atoms with Gasteiger partial charge in [-0.25, -0.2) is 8.42 Å². The predicted octanol–water partition coefficient (Wildman–Crippen LogP) is 4.95. The first-order valence-electron chi connectivity index (χ1n) is 8.32. The summed E-state index contributed by atoms with van der Waals surface area (Å²) in [7, 11) is -3.53. The molecule has 0 bridgehead atoms. The third-order valence-corrected chi connectivity index (χ3v) is 6.76. The molecule has 1 aliphatic rings. The molecule has 0 spiro atoms. The van der Waals surface area contributed by atoms with Crippen LogP contribution >= 0.6 is 11.6 Å². The number of benzene rings is 2. The van der Waals surface area contributed by atoms with Crippen LogP contribution in [0.5, 0.6) is 0 Å². The molecule has 1 atom stereocenters. The minimum atomic E-state index is -3.53. The lowest BCUT2D eigenvalue weighted by molar-refractivity contribution is 0.329. The number of rotatable bonds is 3. The van der Waals surface area contributed by atoms with Gasteiger partial charge in [-0.15, -0.1) is 0 Å². The van der Waals surface area contributed by atoms with Crippen molar-refractivity contribution in [3.05, 3.63) is 64.7 Å². The summed E-state index contributed by atoms with van der Waals surface area (Å²) >= 11 is 5.90. The Bertz CT molecular complexity index is 785. The summed E-state index contributed by atoms with van der Waals surface area (Å²) < 4.78 is 28.0. The first-order valence-corrected chi connectivity index (χ1v) is 10.1. The van der Waals surface area contributed by atoms with Gasteiger partial charge in [0.2, 0.25) is 10.0 Å². The van der Waals surface area contributed by atoms with E-state index >= 15 is 0 Å². The van der Waals surface area contributed by atoms with E-state index in [4.69, 9.17) is 11.6 Å². The van der Waals surface area contributed by atoms with Crippen molar-refractivity contribution in [3.8, 4) is 0 Å². The Labute approximate surface area is 149 Å². The number of hydrogen-bond donors (Lipinski definition) is 0.